The van der Waals surface area contributed by atoms with Gasteiger partial charge in [-0.15, -0.1) is 11.3 Å². The Morgan fingerprint density at radius 3 is 2.46 bits per heavy atom. The van der Waals surface area contributed by atoms with Gasteiger partial charge in [-0.2, -0.15) is 0 Å². The topological polar surface area (TPSA) is 46.5 Å². The van der Waals surface area contributed by atoms with Gasteiger partial charge in [-0.1, -0.05) is 81.4 Å². The fourth-order valence-corrected chi connectivity index (χ4v) is 3.38. The lowest BCUT2D eigenvalue weighted by molar-refractivity contribution is -0.131. The molecule has 0 amide bonds. The maximum Gasteiger partial charge on any atom is 0.328 e. The van der Waals surface area contributed by atoms with Gasteiger partial charge in [-0.05, 0) is 25.8 Å². The van der Waals surface area contributed by atoms with Gasteiger partial charge in [-0.25, -0.2) is 4.79 Å². The molecule has 0 bridgehead atoms. The Bertz CT molecular complexity index is 692. The number of aliphatic carboxylic acids is 1. The third-order valence-corrected chi connectivity index (χ3v) is 5.00. The van der Waals surface area contributed by atoms with E-state index >= 15 is 0 Å². The third-order valence-electron chi connectivity index (χ3n) is 4.26. The van der Waals surface area contributed by atoms with Crippen molar-refractivity contribution in [2.24, 2.45) is 0 Å². The molecule has 1 N–H and O–H groups in total. The van der Waals surface area contributed by atoms with Crippen LogP contribution in [0.5, 0.6) is 5.75 Å². The van der Waals surface area contributed by atoms with Crippen LogP contribution >= 0.6 is 11.3 Å². The van der Waals surface area contributed by atoms with Crippen molar-refractivity contribution in [1.82, 2.24) is 0 Å². The van der Waals surface area contributed by atoms with Crippen LogP contribution in [-0.4, -0.2) is 17.7 Å². The summed E-state index contributed by atoms with van der Waals surface area (Å²) in [5.41, 5.74) is 2.90. The van der Waals surface area contributed by atoms with Gasteiger partial charge in [-0.3, -0.25) is 0 Å². The van der Waals surface area contributed by atoms with Crippen molar-refractivity contribution >= 4 is 23.4 Å². The zero-order chi connectivity index (χ0) is 20.6. The molecule has 0 radical (unpaired) electrons. The van der Waals surface area contributed by atoms with Crippen molar-refractivity contribution in [3.63, 3.8) is 0 Å². The standard InChI is InChI=1S/C24H34O3S/c1-4-5-6-7-8-9-10-16-27-23-19-28-18-22(23)15-14-20(2)12-11-13-21(3)17-24(25)26/h11-15,17-19H,4-10,16H2,1-3H3,(H,25,26)/b13-11+,15-14+,20-12+,21-17+. The molecule has 0 aliphatic carbocycles. The second-order valence-electron chi connectivity index (χ2n) is 6.99. The Morgan fingerprint density at radius 1 is 1.04 bits per heavy atom. The van der Waals surface area contributed by atoms with Gasteiger partial charge in [0.1, 0.15) is 5.75 Å². The molecule has 0 fully saturated rings. The van der Waals surface area contributed by atoms with E-state index in [1.54, 1.807) is 24.3 Å². The highest BCUT2D eigenvalue weighted by atomic mass is 32.1. The first kappa shape index (κ1) is 24.0. The van der Waals surface area contributed by atoms with Crippen LogP contribution in [0.3, 0.4) is 0 Å². The molecule has 0 saturated carbocycles. The summed E-state index contributed by atoms with van der Waals surface area (Å²) in [4.78, 5) is 10.6. The van der Waals surface area contributed by atoms with Crippen molar-refractivity contribution in [2.45, 2.75) is 65.7 Å². The van der Waals surface area contributed by atoms with Gasteiger partial charge in [0.25, 0.3) is 0 Å². The van der Waals surface area contributed by atoms with Gasteiger partial charge in [0, 0.05) is 22.4 Å². The predicted octanol–water partition coefficient (Wildman–Crippen LogP) is 7.42. The average Bonchev–Trinajstić information content (AvgIpc) is 3.09. The van der Waals surface area contributed by atoms with E-state index in [1.807, 2.05) is 25.2 Å². The molecule has 1 aromatic heterocycles. The summed E-state index contributed by atoms with van der Waals surface area (Å²) in [6.07, 6.45) is 19.9. The molecular weight excluding hydrogens is 368 g/mol. The van der Waals surface area contributed by atoms with Crippen molar-refractivity contribution in [3.8, 4) is 5.75 Å². The zero-order valence-corrected chi connectivity index (χ0v) is 18.3. The molecule has 0 aliphatic rings. The Labute approximate surface area is 174 Å². The van der Waals surface area contributed by atoms with E-state index in [-0.39, 0.29) is 0 Å². The van der Waals surface area contributed by atoms with Gasteiger partial charge < -0.3 is 9.84 Å². The molecule has 1 aromatic rings. The first-order valence-corrected chi connectivity index (χ1v) is 11.1. The highest BCUT2D eigenvalue weighted by molar-refractivity contribution is 7.08. The SMILES string of the molecule is CCCCCCCCCOc1cscc1/C=C/C(C)=C/C=C/C(C)=C/C(=O)O. The minimum atomic E-state index is -0.927. The zero-order valence-electron chi connectivity index (χ0n) is 17.4. The number of hydrogen-bond acceptors (Lipinski definition) is 3. The predicted molar refractivity (Wildman–Crippen MR) is 121 cm³/mol. The number of allylic oxidation sites excluding steroid dienone is 6. The average molecular weight is 403 g/mol. The molecule has 0 spiro atoms. The molecule has 28 heavy (non-hydrogen) atoms. The Hall–Kier alpha value is -2.07. The number of unbranched alkanes of at least 4 members (excludes halogenated alkanes) is 6. The monoisotopic (exact) mass is 402 g/mol. The number of carboxylic acids is 1. The molecule has 0 saturated heterocycles. The highest BCUT2D eigenvalue weighted by Crippen LogP contribution is 2.25. The molecule has 0 aliphatic heterocycles. The number of carbonyl (C=O) groups is 1. The summed E-state index contributed by atoms with van der Waals surface area (Å²) in [5, 5.41) is 12.8. The largest absolute Gasteiger partial charge is 0.492 e. The number of rotatable bonds is 14. The summed E-state index contributed by atoms with van der Waals surface area (Å²) in [7, 11) is 0. The fraction of sp³-hybridized carbons (Fsp3) is 0.458. The van der Waals surface area contributed by atoms with E-state index in [9.17, 15) is 4.79 Å². The van der Waals surface area contributed by atoms with Gasteiger partial charge in [0.15, 0.2) is 0 Å². The maximum absolute atomic E-state index is 10.6. The van der Waals surface area contributed by atoms with E-state index < -0.39 is 5.97 Å². The van der Waals surface area contributed by atoms with Crippen LogP contribution in [0, 0.1) is 0 Å². The van der Waals surface area contributed by atoms with E-state index in [0.29, 0.717) is 5.57 Å². The maximum atomic E-state index is 10.6. The highest BCUT2D eigenvalue weighted by Gasteiger charge is 2.02. The minimum absolute atomic E-state index is 0.708. The summed E-state index contributed by atoms with van der Waals surface area (Å²) in [6.45, 7) is 6.81. The summed E-state index contributed by atoms with van der Waals surface area (Å²) in [5.74, 6) is 0.0278. The lowest BCUT2D eigenvalue weighted by Crippen LogP contribution is -1.97. The van der Waals surface area contributed by atoms with Crippen molar-refractivity contribution in [1.29, 1.82) is 0 Å². The van der Waals surface area contributed by atoms with Gasteiger partial charge in [0.2, 0.25) is 0 Å². The normalized spacial score (nSPS) is 13.0. The Morgan fingerprint density at radius 2 is 1.75 bits per heavy atom. The minimum Gasteiger partial charge on any atom is -0.492 e. The van der Waals surface area contributed by atoms with E-state index in [4.69, 9.17) is 9.84 Å². The second kappa shape index (κ2) is 14.9. The van der Waals surface area contributed by atoms with Crippen molar-refractivity contribution in [2.75, 3.05) is 6.61 Å². The van der Waals surface area contributed by atoms with Gasteiger partial charge >= 0.3 is 5.97 Å². The quantitative estimate of drug-likeness (QED) is 0.200. The summed E-state index contributed by atoms with van der Waals surface area (Å²) in [6, 6.07) is 0. The van der Waals surface area contributed by atoms with Crippen molar-refractivity contribution < 1.29 is 14.6 Å². The number of carboxylic acid groups (broad SMARTS) is 1. The first-order valence-electron chi connectivity index (χ1n) is 10.2. The summed E-state index contributed by atoms with van der Waals surface area (Å²) >= 11 is 1.65. The lowest BCUT2D eigenvalue weighted by Gasteiger charge is -2.05. The van der Waals surface area contributed by atoms with E-state index in [1.165, 1.54) is 44.6 Å². The smallest absolute Gasteiger partial charge is 0.328 e. The molecule has 0 atom stereocenters. The molecular formula is C24H34O3S. The van der Waals surface area contributed by atoms with Crippen molar-refractivity contribution in [3.05, 3.63) is 57.8 Å². The van der Waals surface area contributed by atoms with Crippen LogP contribution in [-0.2, 0) is 4.79 Å². The number of ether oxygens (including phenoxy) is 1. The molecule has 0 aromatic carbocycles. The molecule has 1 rings (SSSR count). The number of hydrogen-bond donors (Lipinski definition) is 1. The number of thiophene rings is 1. The Balaban J connectivity index is 2.41. The fourth-order valence-electron chi connectivity index (χ4n) is 2.65. The van der Waals surface area contributed by atoms with Crippen LogP contribution in [0.1, 0.15) is 71.3 Å². The molecule has 0 unspecified atom stereocenters. The van der Waals surface area contributed by atoms with E-state index in [2.05, 4.69) is 23.8 Å². The lowest BCUT2D eigenvalue weighted by atomic mass is 10.1. The molecule has 4 heteroatoms. The van der Waals surface area contributed by atoms with E-state index in [0.717, 1.165) is 29.9 Å². The van der Waals surface area contributed by atoms with Gasteiger partial charge in [0.05, 0.1) is 6.61 Å². The van der Waals surface area contributed by atoms with Crippen LogP contribution in [0.4, 0.5) is 0 Å². The summed E-state index contributed by atoms with van der Waals surface area (Å²) < 4.78 is 5.95. The Kier molecular flexibility index (Phi) is 12.8. The van der Waals surface area contributed by atoms with Crippen LogP contribution in [0.2, 0.25) is 0 Å². The van der Waals surface area contributed by atoms with Crippen LogP contribution in [0.25, 0.3) is 6.08 Å². The second-order valence-corrected chi connectivity index (χ2v) is 7.73. The molecule has 154 valence electrons. The third kappa shape index (κ3) is 11.6. The molecule has 3 nitrogen and oxygen atoms in total. The first-order chi connectivity index (χ1) is 13.5. The van der Waals surface area contributed by atoms with Crippen LogP contribution < -0.4 is 4.74 Å². The molecule has 1 heterocycles. The van der Waals surface area contributed by atoms with Crippen LogP contribution in [0.15, 0.2) is 52.3 Å².